The summed E-state index contributed by atoms with van der Waals surface area (Å²) in [6, 6.07) is 2.41. The van der Waals surface area contributed by atoms with Crippen LogP contribution in [0.4, 0.5) is 8.78 Å². The van der Waals surface area contributed by atoms with Crippen molar-refractivity contribution in [1.82, 2.24) is 0 Å². The van der Waals surface area contributed by atoms with E-state index in [0.717, 1.165) is 43.7 Å². The number of halogens is 2. The second-order valence-electron chi connectivity index (χ2n) is 6.17. The zero-order valence-corrected chi connectivity index (χ0v) is 11.8. The highest BCUT2D eigenvalue weighted by molar-refractivity contribution is 5.85. The maximum atomic E-state index is 13.9. The molecule has 0 bridgehead atoms. The molecule has 20 heavy (non-hydrogen) atoms. The van der Waals surface area contributed by atoms with Crippen molar-refractivity contribution < 1.29 is 13.6 Å². The minimum Gasteiger partial charge on any atom is -0.299 e. The highest BCUT2D eigenvalue weighted by Gasteiger charge is 2.41. The van der Waals surface area contributed by atoms with Crippen LogP contribution in [0.3, 0.4) is 0 Å². The van der Waals surface area contributed by atoms with Crippen LogP contribution in [-0.2, 0) is 11.2 Å². The van der Waals surface area contributed by atoms with E-state index in [4.69, 9.17) is 0 Å². The molecule has 3 heteroatoms. The van der Waals surface area contributed by atoms with Crippen molar-refractivity contribution in [3.8, 4) is 0 Å². The van der Waals surface area contributed by atoms with Crippen molar-refractivity contribution >= 4 is 5.78 Å². The van der Waals surface area contributed by atoms with Gasteiger partial charge in [0.05, 0.1) is 0 Å². The summed E-state index contributed by atoms with van der Waals surface area (Å²) in [6.45, 7) is 2.10. The van der Waals surface area contributed by atoms with Crippen LogP contribution in [0, 0.1) is 23.5 Å². The van der Waals surface area contributed by atoms with E-state index in [0.29, 0.717) is 17.8 Å². The van der Waals surface area contributed by atoms with E-state index in [1.165, 1.54) is 6.07 Å². The Kier molecular flexibility index (Phi) is 3.61. The lowest BCUT2D eigenvalue weighted by Gasteiger charge is -2.39. The Labute approximate surface area is 118 Å². The van der Waals surface area contributed by atoms with Gasteiger partial charge < -0.3 is 0 Å². The van der Waals surface area contributed by atoms with Crippen LogP contribution < -0.4 is 0 Å². The third-order valence-electron chi connectivity index (χ3n) is 5.02. The van der Waals surface area contributed by atoms with Crippen LogP contribution in [0.25, 0.3) is 0 Å². The quantitative estimate of drug-likeness (QED) is 0.784. The van der Waals surface area contributed by atoms with Gasteiger partial charge in [0.1, 0.15) is 17.4 Å². The number of benzene rings is 1. The van der Waals surface area contributed by atoms with E-state index >= 15 is 0 Å². The molecular formula is C17H20F2O. The van der Waals surface area contributed by atoms with E-state index < -0.39 is 11.6 Å². The molecule has 0 amide bonds. The fraction of sp³-hybridized carbons (Fsp3) is 0.588. The van der Waals surface area contributed by atoms with Crippen LogP contribution in [-0.4, -0.2) is 5.78 Å². The molecule has 1 nitrogen and oxygen atoms in total. The Morgan fingerprint density at radius 2 is 1.95 bits per heavy atom. The van der Waals surface area contributed by atoms with E-state index in [9.17, 15) is 13.6 Å². The second-order valence-corrected chi connectivity index (χ2v) is 6.17. The minimum absolute atomic E-state index is 0.0194. The topological polar surface area (TPSA) is 17.1 Å². The Hall–Kier alpha value is -1.25. The molecule has 3 rings (SSSR count). The van der Waals surface area contributed by atoms with E-state index in [2.05, 4.69) is 6.92 Å². The third kappa shape index (κ3) is 2.17. The SMILES string of the molecule is CCCC1CCC2c3cc(F)cc(F)c3CCC2C1=O. The average Bonchev–Trinajstić information content (AvgIpc) is 2.41. The number of ketones is 1. The Morgan fingerprint density at radius 3 is 2.70 bits per heavy atom. The lowest BCUT2D eigenvalue weighted by atomic mass is 9.64. The van der Waals surface area contributed by atoms with Crippen molar-refractivity contribution in [2.75, 3.05) is 0 Å². The summed E-state index contributed by atoms with van der Waals surface area (Å²) < 4.78 is 27.3. The van der Waals surface area contributed by atoms with Crippen LogP contribution in [0.15, 0.2) is 12.1 Å². The monoisotopic (exact) mass is 278 g/mol. The molecule has 0 heterocycles. The first-order valence-electron chi connectivity index (χ1n) is 7.63. The molecule has 0 saturated heterocycles. The Balaban J connectivity index is 1.94. The number of fused-ring (bicyclic) bond motifs is 3. The number of hydrogen-bond acceptors (Lipinski definition) is 1. The van der Waals surface area contributed by atoms with Gasteiger partial charge in [-0.3, -0.25) is 4.79 Å². The normalized spacial score (nSPS) is 28.9. The highest BCUT2D eigenvalue weighted by atomic mass is 19.1. The predicted molar refractivity (Wildman–Crippen MR) is 73.5 cm³/mol. The molecule has 1 aromatic rings. The molecule has 0 radical (unpaired) electrons. The molecule has 0 aliphatic heterocycles. The molecular weight excluding hydrogens is 258 g/mol. The molecule has 2 aliphatic carbocycles. The fourth-order valence-corrected chi connectivity index (χ4v) is 4.09. The summed E-state index contributed by atoms with van der Waals surface area (Å²) in [5, 5.41) is 0. The first-order chi connectivity index (χ1) is 9.61. The molecule has 3 unspecified atom stereocenters. The standard InChI is InChI=1S/C17H20F2O/c1-2-3-10-4-5-12-14(17(10)20)7-6-13-15(12)8-11(18)9-16(13)19/h8-10,12,14H,2-7H2,1H3. The summed E-state index contributed by atoms with van der Waals surface area (Å²) in [5.74, 6) is -0.454. The number of hydrogen-bond donors (Lipinski definition) is 0. The number of carbonyl (C=O) groups is 1. The summed E-state index contributed by atoms with van der Waals surface area (Å²) in [5.41, 5.74) is 1.39. The second kappa shape index (κ2) is 5.27. The van der Waals surface area contributed by atoms with Crippen molar-refractivity contribution in [2.45, 2.75) is 51.4 Å². The van der Waals surface area contributed by atoms with Crippen molar-refractivity contribution in [1.29, 1.82) is 0 Å². The molecule has 108 valence electrons. The molecule has 1 saturated carbocycles. The molecule has 0 spiro atoms. The lowest BCUT2D eigenvalue weighted by molar-refractivity contribution is -0.130. The number of Topliss-reactive ketones (excluding diaryl/α,β-unsaturated/α-hetero) is 1. The van der Waals surface area contributed by atoms with Gasteiger partial charge in [0.15, 0.2) is 0 Å². The molecule has 1 fully saturated rings. The predicted octanol–water partition coefficient (Wildman–Crippen LogP) is 4.39. The third-order valence-corrected chi connectivity index (χ3v) is 5.02. The zero-order chi connectivity index (χ0) is 14.3. The van der Waals surface area contributed by atoms with Gasteiger partial charge in [0.25, 0.3) is 0 Å². The van der Waals surface area contributed by atoms with Gasteiger partial charge in [0, 0.05) is 17.9 Å². The van der Waals surface area contributed by atoms with Crippen LogP contribution >= 0.6 is 0 Å². The maximum Gasteiger partial charge on any atom is 0.139 e. The van der Waals surface area contributed by atoms with E-state index in [1.54, 1.807) is 0 Å². The highest BCUT2D eigenvalue weighted by Crippen LogP contribution is 2.46. The van der Waals surface area contributed by atoms with Crippen LogP contribution in [0.1, 0.15) is 56.1 Å². The molecule has 3 atom stereocenters. The smallest absolute Gasteiger partial charge is 0.139 e. The minimum atomic E-state index is -0.523. The van der Waals surface area contributed by atoms with E-state index in [1.807, 2.05) is 0 Å². The van der Waals surface area contributed by atoms with Gasteiger partial charge in [-0.2, -0.15) is 0 Å². The average molecular weight is 278 g/mol. The molecule has 2 aliphatic rings. The van der Waals surface area contributed by atoms with Gasteiger partial charge in [-0.15, -0.1) is 0 Å². The van der Waals surface area contributed by atoms with Gasteiger partial charge in [-0.1, -0.05) is 13.3 Å². The van der Waals surface area contributed by atoms with Crippen molar-refractivity contribution in [2.24, 2.45) is 11.8 Å². The van der Waals surface area contributed by atoms with Gasteiger partial charge in [-0.25, -0.2) is 8.78 Å². The van der Waals surface area contributed by atoms with Gasteiger partial charge in [-0.05, 0) is 55.2 Å². The lowest BCUT2D eigenvalue weighted by Crippen LogP contribution is -2.37. The number of carbonyl (C=O) groups excluding carboxylic acids is 1. The van der Waals surface area contributed by atoms with Gasteiger partial charge in [0.2, 0.25) is 0 Å². The largest absolute Gasteiger partial charge is 0.299 e. The van der Waals surface area contributed by atoms with Crippen LogP contribution in [0.5, 0.6) is 0 Å². The first-order valence-corrected chi connectivity index (χ1v) is 7.63. The van der Waals surface area contributed by atoms with Gasteiger partial charge >= 0.3 is 0 Å². The molecule has 1 aromatic carbocycles. The molecule has 0 N–H and O–H groups in total. The summed E-state index contributed by atoms with van der Waals surface area (Å²) in [4.78, 5) is 12.5. The fourth-order valence-electron chi connectivity index (χ4n) is 4.09. The summed E-state index contributed by atoms with van der Waals surface area (Å²) >= 11 is 0. The van der Waals surface area contributed by atoms with Crippen molar-refractivity contribution in [3.05, 3.63) is 34.9 Å². The zero-order valence-electron chi connectivity index (χ0n) is 11.8. The van der Waals surface area contributed by atoms with Crippen molar-refractivity contribution in [3.63, 3.8) is 0 Å². The summed E-state index contributed by atoms with van der Waals surface area (Å²) in [6.07, 6.45) is 5.01. The van der Waals surface area contributed by atoms with Crippen LogP contribution in [0.2, 0.25) is 0 Å². The van der Waals surface area contributed by atoms with E-state index in [-0.39, 0.29) is 17.8 Å². The molecule has 0 aromatic heterocycles. The number of rotatable bonds is 2. The Morgan fingerprint density at radius 1 is 1.15 bits per heavy atom. The Bertz CT molecular complexity index is 538. The maximum absolute atomic E-state index is 13.9. The summed E-state index contributed by atoms with van der Waals surface area (Å²) in [7, 11) is 0. The first kappa shape index (κ1) is 13.7.